The van der Waals surface area contributed by atoms with Crippen LogP contribution in [0.2, 0.25) is 0 Å². The maximum Gasteiger partial charge on any atom is 0.152 e. The van der Waals surface area contributed by atoms with E-state index in [0.29, 0.717) is 4.75 Å². The van der Waals surface area contributed by atoms with Gasteiger partial charge in [-0.25, -0.2) is 9.50 Å². The third-order valence-corrected chi connectivity index (χ3v) is 4.56. The summed E-state index contributed by atoms with van der Waals surface area (Å²) in [5, 5.41) is 7.63. The highest BCUT2D eigenvalue weighted by Crippen LogP contribution is 2.47. The highest BCUT2D eigenvalue weighted by atomic mass is 32.2. The van der Waals surface area contributed by atoms with Crippen molar-refractivity contribution in [3.8, 4) is 0 Å². The normalized spacial score (nSPS) is 17.6. The molecule has 84 valence electrons. The largest absolute Gasteiger partial charge is 0.367 e. The van der Waals surface area contributed by atoms with Crippen LogP contribution in [0.1, 0.15) is 12.8 Å². The zero-order chi connectivity index (χ0) is 11.0. The van der Waals surface area contributed by atoms with Crippen molar-refractivity contribution < 1.29 is 0 Å². The SMILES string of the molecule is CSC1(CNc2nccn3nccc23)CC1. The molecule has 1 aliphatic carbocycles. The van der Waals surface area contributed by atoms with Crippen molar-refractivity contribution in [3.05, 3.63) is 24.7 Å². The van der Waals surface area contributed by atoms with Gasteiger partial charge in [-0.05, 0) is 25.2 Å². The number of nitrogens with zero attached hydrogens (tertiary/aromatic N) is 3. The Labute approximate surface area is 98.4 Å². The summed E-state index contributed by atoms with van der Waals surface area (Å²) in [6, 6.07) is 1.98. The lowest BCUT2D eigenvalue weighted by molar-refractivity contribution is 0.918. The molecule has 0 bridgehead atoms. The van der Waals surface area contributed by atoms with Gasteiger partial charge in [-0.2, -0.15) is 16.9 Å². The number of anilines is 1. The smallest absolute Gasteiger partial charge is 0.152 e. The van der Waals surface area contributed by atoms with E-state index >= 15 is 0 Å². The first-order valence-corrected chi connectivity index (χ1v) is 6.63. The summed E-state index contributed by atoms with van der Waals surface area (Å²) in [6.07, 6.45) is 10.2. The Morgan fingerprint density at radius 2 is 2.38 bits per heavy atom. The monoisotopic (exact) mass is 234 g/mol. The van der Waals surface area contributed by atoms with Gasteiger partial charge in [-0.1, -0.05) is 0 Å². The van der Waals surface area contributed by atoms with E-state index in [1.807, 2.05) is 28.5 Å². The van der Waals surface area contributed by atoms with Crippen molar-refractivity contribution in [3.63, 3.8) is 0 Å². The van der Waals surface area contributed by atoms with Crippen LogP contribution in [0.3, 0.4) is 0 Å². The number of rotatable bonds is 4. The van der Waals surface area contributed by atoms with Crippen LogP contribution in [-0.4, -0.2) is 32.1 Å². The zero-order valence-electron chi connectivity index (χ0n) is 9.18. The summed E-state index contributed by atoms with van der Waals surface area (Å²) in [4.78, 5) is 4.36. The van der Waals surface area contributed by atoms with Crippen molar-refractivity contribution in [2.75, 3.05) is 18.1 Å². The molecule has 1 saturated carbocycles. The van der Waals surface area contributed by atoms with Crippen LogP contribution in [0.4, 0.5) is 5.82 Å². The summed E-state index contributed by atoms with van der Waals surface area (Å²) >= 11 is 1.95. The summed E-state index contributed by atoms with van der Waals surface area (Å²) < 4.78 is 2.29. The van der Waals surface area contributed by atoms with E-state index in [4.69, 9.17) is 0 Å². The summed E-state index contributed by atoms with van der Waals surface area (Å²) in [7, 11) is 0. The molecule has 0 atom stereocenters. The van der Waals surface area contributed by atoms with Gasteiger partial charge in [-0.3, -0.25) is 0 Å². The van der Waals surface area contributed by atoms with Crippen LogP contribution in [0, 0.1) is 0 Å². The molecule has 5 heteroatoms. The van der Waals surface area contributed by atoms with Gasteiger partial charge in [0.2, 0.25) is 0 Å². The van der Waals surface area contributed by atoms with Crippen molar-refractivity contribution in [2.45, 2.75) is 17.6 Å². The molecule has 4 nitrogen and oxygen atoms in total. The van der Waals surface area contributed by atoms with E-state index in [1.165, 1.54) is 12.8 Å². The van der Waals surface area contributed by atoms with E-state index in [0.717, 1.165) is 17.9 Å². The minimum atomic E-state index is 0.453. The van der Waals surface area contributed by atoms with Crippen LogP contribution in [0.25, 0.3) is 5.52 Å². The van der Waals surface area contributed by atoms with Gasteiger partial charge in [0.1, 0.15) is 5.52 Å². The molecular weight excluding hydrogens is 220 g/mol. The Morgan fingerprint density at radius 3 is 3.12 bits per heavy atom. The molecule has 0 radical (unpaired) electrons. The molecule has 0 spiro atoms. The van der Waals surface area contributed by atoms with E-state index < -0.39 is 0 Å². The second-order valence-corrected chi connectivity index (χ2v) is 5.45. The van der Waals surface area contributed by atoms with Crippen molar-refractivity contribution in [1.82, 2.24) is 14.6 Å². The maximum absolute atomic E-state index is 4.36. The molecule has 1 fully saturated rings. The van der Waals surface area contributed by atoms with Crippen LogP contribution >= 0.6 is 11.8 Å². The summed E-state index contributed by atoms with van der Waals surface area (Å²) in [6.45, 7) is 0.992. The molecule has 0 saturated heterocycles. The first-order valence-electron chi connectivity index (χ1n) is 5.40. The molecule has 0 amide bonds. The van der Waals surface area contributed by atoms with E-state index in [9.17, 15) is 0 Å². The van der Waals surface area contributed by atoms with Crippen molar-refractivity contribution >= 4 is 23.1 Å². The lowest BCUT2D eigenvalue weighted by Crippen LogP contribution is -2.18. The number of nitrogens with one attached hydrogen (secondary N) is 1. The molecule has 0 aromatic carbocycles. The average molecular weight is 234 g/mol. The minimum Gasteiger partial charge on any atom is -0.367 e. The van der Waals surface area contributed by atoms with Crippen LogP contribution < -0.4 is 5.32 Å². The van der Waals surface area contributed by atoms with Crippen molar-refractivity contribution in [2.24, 2.45) is 0 Å². The Hall–Kier alpha value is -1.23. The number of hydrogen-bond donors (Lipinski definition) is 1. The van der Waals surface area contributed by atoms with Gasteiger partial charge < -0.3 is 5.32 Å². The fourth-order valence-electron chi connectivity index (χ4n) is 1.83. The van der Waals surface area contributed by atoms with E-state index in [2.05, 4.69) is 21.7 Å². The van der Waals surface area contributed by atoms with Gasteiger partial charge >= 0.3 is 0 Å². The Morgan fingerprint density at radius 1 is 1.50 bits per heavy atom. The van der Waals surface area contributed by atoms with Crippen LogP contribution in [0.5, 0.6) is 0 Å². The molecule has 3 rings (SSSR count). The van der Waals surface area contributed by atoms with Crippen molar-refractivity contribution in [1.29, 1.82) is 0 Å². The van der Waals surface area contributed by atoms with Gasteiger partial charge in [0.15, 0.2) is 5.82 Å². The van der Waals surface area contributed by atoms with Gasteiger partial charge in [0, 0.05) is 23.7 Å². The third-order valence-electron chi connectivity index (χ3n) is 3.14. The van der Waals surface area contributed by atoms with Gasteiger partial charge in [0.25, 0.3) is 0 Å². The molecule has 0 unspecified atom stereocenters. The fourth-order valence-corrected chi connectivity index (χ4v) is 2.56. The Bertz CT molecular complexity index is 503. The predicted octanol–water partition coefficient (Wildman–Crippen LogP) is 2.04. The first kappa shape index (κ1) is 9.96. The molecule has 16 heavy (non-hydrogen) atoms. The Kier molecular flexibility index (Phi) is 2.28. The summed E-state index contributed by atoms with van der Waals surface area (Å²) in [5.74, 6) is 0.931. The lowest BCUT2D eigenvalue weighted by atomic mass is 10.4. The Balaban J connectivity index is 1.81. The molecule has 2 aromatic heterocycles. The highest BCUT2D eigenvalue weighted by molar-refractivity contribution is 8.00. The molecule has 0 aliphatic heterocycles. The molecule has 2 aromatic rings. The molecular formula is C11H14N4S. The first-order chi connectivity index (χ1) is 7.83. The van der Waals surface area contributed by atoms with Gasteiger partial charge in [-0.15, -0.1) is 0 Å². The lowest BCUT2D eigenvalue weighted by Gasteiger charge is -2.13. The zero-order valence-corrected chi connectivity index (χ0v) is 10.00. The maximum atomic E-state index is 4.36. The van der Waals surface area contributed by atoms with Gasteiger partial charge in [0.05, 0.1) is 6.20 Å². The average Bonchev–Trinajstić information content (AvgIpc) is 2.94. The number of fused-ring (bicyclic) bond motifs is 1. The number of thioether (sulfide) groups is 1. The second kappa shape index (κ2) is 3.66. The van der Waals surface area contributed by atoms with E-state index in [-0.39, 0.29) is 0 Å². The van der Waals surface area contributed by atoms with Crippen LogP contribution in [-0.2, 0) is 0 Å². The molecule has 1 N–H and O–H groups in total. The number of aromatic nitrogens is 3. The van der Waals surface area contributed by atoms with E-state index in [1.54, 1.807) is 12.4 Å². The fraction of sp³-hybridized carbons (Fsp3) is 0.455. The van der Waals surface area contributed by atoms with Crippen LogP contribution in [0.15, 0.2) is 24.7 Å². The predicted molar refractivity (Wildman–Crippen MR) is 67.0 cm³/mol. The second-order valence-electron chi connectivity index (χ2n) is 4.18. The third kappa shape index (κ3) is 1.65. The number of hydrogen-bond acceptors (Lipinski definition) is 4. The standard InChI is InChI=1S/C11H14N4S/c1-16-11(3-4-11)8-13-10-9-2-5-14-15(9)7-6-12-10/h2,5-7H,3-4,8H2,1H3,(H,12,13). The molecule has 1 aliphatic rings. The minimum absolute atomic E-state index is 0.453. The highest BCUT2D eigenvalue weighted by Gasteiger charge is 2.41. The summed E-state index contributed by atoms with van der Waals surface area (Å²) in [5.41, 5.74) is 1.04. The molecule has 2 heterocycles. The topological polar surface area (TPSA) is 42.2 Å². The quantitative estimate of drug-likeness (QED) is 0.879.